The Bertz CT molecular complexity index is 571. The van der Waals surface area contributed by atoms with E-state index in [-0.39, 0.29) is 6.29 Å². The predicted molar refractivity (Wildman–Crippen MR) is 94.3 cm³/mol. The standard InChI is InChI=1S/C21H28F2O2/c1-2-3-4-5-15-13-24-21(25-14-15)17-8-6-16(7-9-17)18-10-11-19(22)20(23)12-18/h4-5,10-12,15-17,21H,2-3,6-9,13-14H2,1H3/b5-4+. The molecule has 0 atom stereocenters. The zero-order valence-electron chi connectivity index (χ0n) is 14.9. The number of ether oxygens (including phenoxy) is 2. The Morgan fingerprint density at radius 2 is 1.76 bits per heavy atom. The van der Waals surface area contributed by atoms with E-state index in [4.69, 9.17) is 9.47 Å². The SMILES string of the molecule is CCC/C=C/C1COC(C2CCC(c3ccc(F)c(F)c3)CC2)OC1. The molecule has 0 aromatic heterocycles. The maximum Gasteiger partial charge on any atom is 0.160 e. The highest BCUT2D eigenvalue weighted by Gasteiger charge is 2.32. The molecule has 138 valence electrons. The smallest absolute Gasteiger partial charge is 0.160 e. The summed E-state index contributed by atoms with van der Waals surface area (Å²) in [4.78, 5) is 0. The molecular weight excluding hydrogens is 322 g/mol. The Morgan fingerprint density at radius 3 is 2.40 bits per heavy atom. The summed E-state index contributed by atoms with van der Waals surface area (Å²) in [5.74, 6) is -0.451. The van der Waals surface area contributed by atoms with Gasteiger partial charge in [-0.3, -0.25) is 0 Å². The van der Waals surface area contributed by atoms with E-state index in [2.05, 4.69) is 19.1 Å². The second-order valence-corrected chi connectivity index (χ2v) is 7.30. The van der Waals surface area contributed by atoms with Gasteiger partial charge < -0.3 is 9.47 Å². The summed E-state index contributed by atoms with van der Waals surface area (Å²) in [5.41, 5.74) is 0.906. The molecule has 3 rings (SSSR count). The summed E-state index contributed by atoms with van der Waals surface area (Å²) in [6.45, 7) is 3.63. The molecule has 0 radical (unpaired) electrons. The van der Waals surface area contributed by atoms with Crippen molar-refractivity contribution in [1.29, 1.82) is 0 Å². The molecule has 1 saturated carbocycles. The first-order chi connectivity index (χ1) is 12.2. The molecule has 1 heterocycles. The summed E-state index contributed by atoms with van der Waals surface area (Å²) >= 11 is 0. The third kappa shape index (κ3) is 4.89. The van der Waals surface area contributed by atoms with E-state index in [9.17, 15) is 8.78 Å². The highest BCUT2D eigenvalue weighted by molar-refractivity contribution is 5.22. The van der Waals surface area contributed by atoms with Crippen LogP contribution in [0.15, 0.2) is 30.4 Å². The molecule has 1 aliphatic carbocycles. The first-order valence-corrected chi connectivity index (χ1v) is 9.52. The maximum atomic E-state index is 13.4. The summed E-state index contributed by atoms with van der Waals surface area (Å²) in [6.07, 6.45) is 10.5. The lowest BCUT2D eigenvalue weighted by molar-refractivity contribution is -0.222. The Hall–Kier alpha value is -1.26. The van der Waals surface area contributed by atoms with Crippen LogP contribution >= 0.6 is 0 Å². The molecule has 25 heavy (non-hydrogen) atoms. The van der Waals surface area contributed by atoms with Crippen molar-refractivity contribution in [2.45, 2.75) is 57.7 Å². The van der Waals surface area contributed by atoms with Crippen LogP contribution in [0.5, 0.6) is 0 Å². The van der Waals surface area contributed by atoms with Crippen LogP contribution in [0.4, 0.5) is 8.78 Å². The lowest BCUT2D eigenvalue weighted by Crippen LogP contribution is -2.37. The van der Waals surface area contributed by atoms with Crippen LogP contribution in [0, 0.1) is 23.5 Å². The highest BCUT2D eigenvalue weighted by Crippen LogP contribution is 2.39. The fraction of sp³-hybridized carbons (Fsp3) is 0.619. The zero-order valence-corrected chi connectivity index (χ0v) is 14.9. The number of halogens is 2. The Balaban J connectivity index is 1.46. The third-order valence-electron chi connectivity index (χ3n) is 5.38. The van der Waals surface area contributed by atoms with E-state index in [1.807, 2.05) is 0 Å². The maximum absolute atomic E-state index is 13.4. The molecule has 2 aliphatic rings. The van der Waals surface area contributed by atoms with Crippen LogP contribution in [0.25, 0.3) is 0 Å². The van der Waals surface area contributed by atoms with Gasteiger partial charge in [-0.15, -0.1) is 0 Å². The van der Waals surface area contributed by atoms with Crippen molar-refractivity contribution >= 4 is 0 Å². The van der Waals surface area contributed by atoms with Gasteiger partial charge in [0.25, 0.3) is 0 Å². The molecule has 2 fully saturated rings. The molecular formula is C21H28F2O2. The van der Waals surface area contributed by atoms with Crippen LogP contribution in [0.2, 0.25) is 0 Å². The number of unbranched alkanes of at least 4 members (excludes halogenated alkanes) is 1. The molecule has 1 aromatic carbocycles. The van der Waals surface area contributed by atoms with Crippen LogP contribution in [-0.4, -0.2) is 19.5 Å². The molecule has 1 aliphatic heterocycles. The van der Waals surface area contributed by atoms with Crippen LogP contribution in [0.1, 0.15) is 56.9 Å². The summed E-state index contributed by atoms with van der Waals surface area (Å²) in [7, 11) is 0. The van der Waals surface area contributed by atoms with Crippen molar-refractivity contribution in [3.8, 4) is 0 Å². The van der Waals surface area contributed by atoms with Crippen molar-refractivity contribution in [2.24, 2.45) is 11.8 Å². The van der Waals surface area contributed by atoms with Crippen LogP contribution in [-0.2, 0) is 9.47 Å². The Labute approximate surface area is 149 Å². The van der Waals surface area contributed by atoms with Gasteiger partial charge >= 0.3 is 0 Å². The largest absolute Gasteiger partial charge is 0.352 e. The van der Waals surface area contributed by atoms with Crippen molar-refractivity contribution < 1.29 is 18.3 Å². The number of hydrogen-bond donors (Lipinski definition) is 0. The van der Waals surface area contributed by atoms with Gasteiger partial charge in [-0.25, -0.2) is 8.78 Å². The summed E-state index contributed by atoms with van der Waals surface area (Å²) in [6, 6.07) is 4.29. The first kappa shape index (κ1) is 18.5. The number of hydrogen-bond acceptors (Lipinski definition) is 2. The minimum Gasteiger partial charge on any atom is -0.352 e. The average Bonchev–Trinajstić information content (AvgIpc) is 2.65. The molecule has 2 nitrogen and oxygen atoms in total. The predicted octanol–water partition coefficient (Wildman–Crippen LogP) is 5.58. The van der Waals surface area contributed by atoms with E-state index < -0.39 is 11.6 Å². The average molecular weight is 350 g/mol. The Morgan fingerprint density at radius 1 is 1.04 bits per heavy atom. The zero-order chi connectivity index (χ0) is 17.6. The number of rotatable bonds is 5. The normalized spacial score (nSPS) is 30.7. The first-order valence-electron chi connectivity index (χ1n) is 9.52. The van der Waals surface area contributed by atoms with Gasteiger partial charge in [0.2, 0.25) is 0 Å². The lowest BCUT2D eigenvalue weighted by Gasteiger charge is -2.37. The van der Waals surface area contributed by atoms with E-state index in [1.54, 1.807) is 6.07 Å². The van der Waals surface area contributed by atoms with Crippen LogP contribution in [0.3, 0.4) is 0 Å². The van der Waals surface area contributed by atoms with Crippen molar-refractivity contribution in [1.82, 2.24) is 0 Å². The Kier molecular flexibility index (Phi) is 6.60. The topological polar surface area (TPSA) is 18.5 Å². The molecule has 0 spiro atoms. The quantitative estimate of drug-likeness (QED) is 0.645. The fourth-order valence-electron chi connectivity index (χ4n) is 3.86. The minimum absolute atomic E-state index is 0.110. The number of allylic oxidation sites excluding steroid dienone is 1. The van der Waals surface area contributed by atoms with Crippen molar-refractivity contribution in [3.05, 3.63) is 47.5 Å². The van der Waals surface area contributed by atoms with E-state index in [0.717, 1.165) is 57.3 Å². The van der Waals surface area contributed by atoms with Crippen molar-refractivity contribution in [2.75, 3.05) is 13.2 Å². The molecule has 0 bridgehead atoms. The van der Waals surface area contributed by atoms with E-state index in [1.165, 1.54) is 12.1 Å². The third-order valence-corrected chi connectivity index (χ3v) is 5.38. The van der Waals surface area contributed by atoms with Crippen LogP contribution < -0.4 is 0 Å². The van der Waals surface area contributed by atoms with Gasteiger partial charge in [0.15, 0.2) is 17.9 Å². The monoisotopic (exact) mass is 350 g/mol. The molecule has 0 N–H and O–H groups in total. The molecule has 1 saturated heterocycles. The van der Waals surface area contributed by atoms with Crippen molar-refractivity contribution in [3.63, 3.8) is 0 Å². The molecule has 0 unspecified atom stereocenters. The van der Waals surface area contributed by atoms with Gasteiger partial charge in [0.05, 0.1) is 13.2 Å². The van der Waals surface area contributed by atoms with E-state index >= 15 is 0 Å². The second-order valence-electron chi connectivity index (χ2n) is 7.30. The lowest BCUT2D eigenvalue weighted by atomic mass is 9.78. The summed E-state index contributed by atoms with van der Waals surface area (Å²) < 4.78 is 38.4. The molecule has 1 aromatic rings. The number of benzene rings is 1. The molecule has 0 amide bonds. The van der Waals surface area contributed by atoms with Gasteiger partial charge in [0.1, 0.15) is 0 Å². The summed E-state index contributed by atoms with van der Waals surface area (Å²) in [5, 5.41) is 0. The van der Waals surface area contributed by atoms with Gasteiger partial charge in [0, 0.05) is 11.8 Å². The van der Waals surface area contributed by atoms with E-state index in [0.29, 0.717) is 17.8 Å². The van der Waals surface area contributed by atoms with Gasteiger partial charge in [-0.05, 0) is 55.7 Å². The minimum atomic E-state index is -0.774. The molecule has 4 heteroatoms. The highest BCUT2D eigenvalue weighted by atomic mass is 19.2. The fourth-order valence-corrected chi connectivity index (χ4v) is 3.86. The van der Waals surface area contributed by atoms with Gasteiger partial charge in [-0.1, -0.05) is 31.6 Å². The second kappa shape index (κ2) is 8.91. The van der Waals surface area contributed by atoms with Gasteiger partial charge in [-0.2, -0.15) is 0 Å².